The molecule has 0 heterocycles. The van der Waals surface area contributed by atoms with Gasteiger partial charge in [0.2, 0.25) is 0 Å². The average molecular weight is 254 g/mol. The second kappa shape index (κ2) is 6.90. The Balaban J connectivity index is 2.78. The second-order valence-corrected chi connectivity index (χ2v) is 6.18. The maximum absolute atomic E-state index is 11.5. The fourth-order valence-corrected chi connectivity index (χ4v) is 3.25. The number of ketones is 1. The topological polar surface area (TPSA) is 37.3 Å². The van der Waals surface area contributed by atoms with Crippen molar-refractivity contribution in [1.82, 2.24) is 0 Å². The molecule has 0 saturated heterocycles. The number of thioether (sulfide) groups is 1. The molecular weight excluding hydrogens is 232 g/mol. The highest BCUT2D eigenvalue weighted by Crippen LogP contribution is 2.33. The predicted octanol–water partition coefficient (Wildman–Crippen LogP) is 3.89. The van der Waals surface area contributed by atoms with E-state index in [1.165, 1.54) is 6.08 Å². The standard InChI is InChI=1S/C14H22O2S/c1-4-6-13-11(7-10(3)17-5-2)8-12(15)9-14(13)16/h6,9-11,16H,4-5,7-8H2,1-3H3. The van der Waals surface area contributed by atoms with Crippen molar-refractivity contribution in [1.29, 1.82) is 0 Å². The summed E-state index contributed by atoms with van der Waals surface area (Å²) < 4.78 is 0. The molecule has 1 aliphatic carbocycles. The summed E-state index contributed by atoms with van der Waals surface area (Å²) in [6.07, 6.45) is 5.83. The van der Waals surface area contributed by atoms with Crippen LogP contribution in [-0.2, 0) is 4.79 Å². The highest BCUT2D eigenvalue weighted by atomic mass is 32.2. The molecule has 2 unspecified atom stereocenters. The van der Waals surface area contributed by atoms with Crippen LogP contribution in [0.1, 0.15) is 40.0 Å². The van der Waals surface area contributed by atoms with Crippen LogP contribution in [0.15, 0.2) is 23.5 Å². The molecule has 0 aromatic carbocycles. The largest absolute Gasteiger partial charge is 0.508 e. The predicted molar refractivity (Wildman–Crippen MR) is 74.4 cm³/mol. The lowest BCUT2D eigenvalue weighted by Gasteiger charge is -2.25. The summed E-state index contributed by atoms with van der Waals surface area (Å²) in [7, 11) is 0. The van der Waals surface area contributed by atoms with E-state index in [0.29, 0.717) is 11.7 Å². The summed E-state index contributed by atoms with van der Waals surface area (Å²) in [6.45, 7) is 6.39. The van der Waals surface area contributed by atoms with Crippen LogP contribution < -0.4 is 0 Å². The molecule has 0 fully saturated rings. The Kier molecular flexibility index (Phi) is 5.83. The number of carbonyl (C=O) groups excluding carboxylic acids is 1. The van der Waals surface area contributed by atoms with E-state index in [0.717, 1.165) is 24.2 Å². The van der Waals surface area contributed by atoms with Crippen LogP contribution in [-0.4, -0.2) is 21.9 Å². The molecule has 0 aliphatic heterocycles. The normalized spacial score (nSPS) is 24.9. The van der Waals surface area contributed by atoms with Gasteiger partial charge >= 0.3 is 0 Å². The van der Waals surface area contributed by atoms with Gasteiger partial charge in [0, 0.05) is 17.7 Å². The third-order valence-corrected chi connectivity index (χ3v) is 4.07. The molecule has 0 aromatic rings. The third kappa shape index (κ3) is 4.23. The van der Waals surface area contributed by atoms with E-state index in [9.17, 15) is 9.90 Å². The maximum Gasteiger partial charge on any atom is 0.159 e. The van der Waals surface area contributed by atoms with E-state index in [1.54, 1.807) is 0 Å². The van der Waals surface area contributed by atoms with Gasteiger partial charge in [-0.3, -0.25) is 4.79 Å². The molecule has 3 heteroatoms. The SMILES string of the molecule is CCC=C1C(O)=CC(=O)CC1CC(C)SCC. The van der Waals surface area contributed by atoms with Crippen molar-refractivity contribution in [2.24, 2.45) is 5.92 Å². The van der Waals surface area contributed by atoms with E-state index in [2.05, 4.69) is 20.8 Å². The lowest BCUT2D eigenvalue weighted by molar-refractivity contribution is -0.115. The molecule has 1 N–H and O–H groups in total. The zero-order valence-corrected chi connectivity index (χ0v) is 11.7. The van der Waals surface area contributed by atoms with Gasteiger partial charge in [-0.25, -0.2) is 0 Å². The molecule has 1 rings (SSSR count). The van der Waals surface area contributed by atoms with E-state index < -0.39 is 0 Å². The number of hydrogen-bond acceptors (Lipinski definition) is 3. The van der Waals surface area contributed by atoms with E-state index in [-0.39, 0.29) is 17.5 Å². The summed E-state index contributed by atoms with van der Waals surface area (Å²) in [5, 5.41) is 10.4. The van der Waals surface area contributed by atoms with Gasteiger partial charge in [0.05, 0.1) is 0 Å². The Bertz CT molecular complexity index is 331. The molecule has 0 bridgehead atoms. The van der Waals surface area contributed by atoms with Crippen LogP contribution in [0.2, 0.25) is 0 Å². The molecule has 0 spiro atoms. The van der Waals surface area contributed by atoms with Crippen LogP contribution in [0, 0.1) is 5.92 Å². The quantitative estimate of drug-likeness (QED) is 0.809. The van der Waals surface area contributed by atoms with Gasteiger partial charge in [0.1, 0.15) is 5.76 Å². The van der Waals surface area contributed by atoms with Crippen molar-refractivity contribution in [3.8, 4) is 0 Å². The van der Waals surface area contributed by atoms with Gasteiger partial charge in [-0.2, -0.15) is 11.8 Å². The first-order valence-electron chi connectivity index (χ1n) is 6.33. The first-order valence-corrected chi connectivity index (χ1v) is 7.38. The van der Waals surface area contributed by atoms with Gasteiger partial charge < -0.3 is 5.11 Å². The fraction of sp³-hybridized carbons (Fsp3) is 0.643. The lowest BCUT2D eigenvalue weighted by atomic mass is 9.83. The molecule has 2 nitrogen and oxygen atoms in total. The minimum atomic E-state index is 0.0504. The highest BCUT2D eigenvalue weighted by molar-refractivity contribution is 7.99. The molecule has 96 valence electrons. The van der Waals surface area contributed by atoms with Gasteiger partial charge in [-0.05, 0) is 30.1 Å². The Hall–Kier alpha value is -0.700. The van der Waals surface area contributed by atoms with Crippen molar-refractivity contribution in [2.75, 3.05) is 5.75 Å². The summed E-state index contributed by atoms with van der Waals surface area (Å²) in [5.41, 5.74) is 0.968. The van der Waals surface area contributed by atoms with Crippen molar-refractivity contribution in [2.45, 2.75) is 45.3 Å². The number of aliphatic hydroxyl groups excluding tert-OH is 1. The van der Waals surface area contributed by atoms with E-state index >= 15 is 0 Å². The van der Waals surface area contributed by atoms with Crippen molar-refractivity contribution < 1.29 is 9.90 Å². The Labute approximate surface area is 108 Å². The van der Waals surface area contributed by atoms with Crippen LogP contribution in [0.4, 0.5) is 0 Å². The Morgan fingerprint density at radius 3 is 2.88 bits per heavy atom. The highest BCUT2D eigenvalue weighted by Gasteiger charge is 2.26. The first-order chi connectivity index (χ1) is 8.08. The van der Waals surface area contributed by atoms with Crippen LogP contribution in [0.3, 0.4) is 0 Å². The molecule has 0 radical (unpaired) electrons. The van der Waals surface area contributed by atoms with Gasteiger partial charge in [0.25, 0.3) is 0 Å². The minimum Gasteiger partial charge on any atom is -0.508 e. The van der Waals surface area contributed by atoms with Gasteiger partial charge in [-0.1, -0.05) is 26.8 Å². The maximum atomic E-state index is 11.5. The molecule has 0 amide bonds. The summed E-state index contributed by atoms with van der Waals surface area (Å²) in [5.74, 6) is 1.52. The minimum absolute atomic E-state index is 0.0504. The Morgan fingerprint density at radius 1 is 1.59 bits per heavy atom. The van der Waals surface area contributed by atoms with Gasteiger partial charge in [0.15, 0.2) is 5.78 Å². The monoisotopic (exact) mass is 254 g/mol. The number of allylic oxidation sites excluding steroid dienone is 3. The number of aliphatic hydroxyl groups is 1. The van der Waals surface area contributed by atoms with Crippen molar-refractivity contribution in [3.63, 3.8) is 0 Å². The molecule has 1 aliphatic rings. The Morgan fingerprint density at radius 2 is 2.29 bits per heavy atom. The van der Waals surface area contributed by atoms with Gasteiger partial charge in [-0.15, -0.1) is 0 Å². The number of carbonyl (C=O) groups is 1. The van der Waals surface area contributed by atoms with Crippen LogP contribution >= 0.6 is 11.8 Å². The zero-order chi connectivity index (χ0) is 12.8. The number of rotatable bonds is 5. The second-order valence-electron chi connectivity index (χ2n) is 4.47. The van der Waals surface area contributed by atoms with Crippen LogP contribution in [0.25, 0.3) is 0 Å². The summed E-state index contributed by atoms with van der Waals surface area (Å²) >= 11 is 1.91. The van der Waals surface area contributed by atoms with Crippen LogP contribution in [0.5, 0.6) is 0 Å². The van der Waals surface area contributed by atoms with Crippen molar-refractivity contribution in [3.05, 3.63) is 23.5 Å². The van der Waals surface area contributed by atoms with Crippen molar-refractivity contribution >= 4 is 17.5 Å². The first kappa shape index (κ1) is 14.4. The smallest absolute Gasteiger partial charge is 0.159 e. The average Bonchev–Trinajstić information content (AvgIpc) is 2.23. The molecule has 17 heavy (non-hydrogen) atoms. The fourth-order valence-electron chi connectivity index (χ4n) is 2.31. The molecule has 0 saturated carbocycles. The zero-order valence-electron chi connectivity index (χ0n) is 10.9. The van der Waals surface area contributed by atoms with E-state index in [1.807, 2.05) is 17.8 Å². The lowest BCUT2D eigenvalue weighted by Crippen LogP contribution is -2.20. The third-order valence-electron chi connectivity index (χ3n) is 2.97. The summed E-state index contributed by atoms with van der Waals surface area (Å²) in [4.78, 5) is 11.5. The number of hydrogen-bond donors (Lipinski definition) is 1. The molecule has 2 atom stereocenters. The molecule has 0 aromatic heterocycles. The van der Waals surface area contributed by atoms with E-state index in [4.69, 9.17) is 0 Å². The molecular formula is C14H22O2S. The summed E-state index contributed by atoms with van der Waals surface area (Å²) in [6, 6.07) is 0.